The van der Waals surface area contributed by atoms with Crippen LogP contribution in [-0.4, -0.2) is 57.7 Å². The first kappa shape index (κ1) is 16.8. The summed E-state index contributed by atoms with van der Waals surface area (Å²) >= 11 is 1.55. The monoisotopic (exact) mass is 368 g/mol. The predicted octanol–water partition coefficient (Wildman–Crippen LogP) is 2.21. The number of nitrogens with zero attached hydrogens (tertiary/aromatic N) is 4. The number of thiazole rings is 1. The molecule has 2 aromatic heterocycles. The fraction of sp³-hybridized carbons (Fsp3) is 0.316. The van der Waals surface area contributed by atoms with Crippen molar-refractivity contribution in [2.45, 2.75) is 13.3 Å². The Morgan fingerprint density at radius 3 is 2.62 bits per heavy atom. The molecule has 2 amide bonds. The van der Waals surface area contributed by atoms with Crippen molar-refractivity contribution < 1.29 is 9.59 Å². The molecule has 1 fully saturated rings. The Bertz CT molecular complexity index is 936. The molecule has 1 aliphatic rings. The lowest BCUT2D eigenvalue weighted by atomic mass is 10.1. The van der Waals surface area contributed by atoms with Crippen molar-refractivity contribution in [2.75, 3.05) is 26.2 Å². The maximum Gasteiger partial charge on any atom is 0.228 e. The molecule has 0 atom stereocenters. The molecular weight excluding hydrogens is 348 g/mol. The molecule has 0 spiro atoms. The van der Waals surface area contributed by atoms with E-state index in [-0.39, 0.29) is 5.91 Å². The lowest BCUT2D eigenvalue weighted by molar-refractivity contribution is -0.134. The zero-order valence-electron chi connectivity index (χ0n) is 14.6. The first-order chi connectivity index (χ1) is 12.6. The highest BCUT2D eigenvalue weighted by molar-refractivity contribution is 7.15. The average Bonchev–Trinajstić information content (AvgIpc) is 3.24. The molecule has 26 heavy (non-hydrogen) atoms. The Hall–Kier alpha value is -2.67. The summed E-state index contributed by atoms with van der Waals surface area (Å²) in [6, 6.07) is 8.29. The van der Waals surface area contributed by atoms with Crippen LogP contribution in [0.1, 0.15) is 11.3 Å². The SMILES string of the molecule is Cc1ccc(-c2cn3c(CC(=O)N4CCN(C=O)CC4)csc3n2)cc1. The van der Waals surface area contributed by atoms with Crippen LogP contribution in [0.15, 0.2) is 35.8 Å². The van der Waals surface area contributed by atoms with E-state index in [1.807, 2.05) is 20.9 Å². The number of carbonyl (C=O) groups excluding carboxylic acids is 2. The fourth-order valence-corrected chi connectivity index (χ4v) is 4.04. The second-order valence-electron chi connectivity index (χ2n) is 6.57. The summed E-state index contributed by atoms with van der Waals surface area (Å²) in [6.07, 6.45) is 3.20. The van der Waals surface area contributed by atoms with Gasteiger partial charge in [0.15, 0.2) is 4.96 Å². The molecule has 6 nitrogen and oxygen atoms in total. The molecule has 0 N–H and O–H groups in total. The maximum atomic E-state index is 12.6. The van der Waals surface area contributed by atoms with E-state index in [1.54, 1.807) is 16.2 Å². The zero-order chi connectivity index (χ0) is 18.1. The standard InChI is InChI=1S/C19H20N4O2S/c1-14-2-4-15(5-3-14)17-11-23-16(12-26-19(23)20-17)10-18(25)22-8-6-21(13-24)7-9-22/h2-5,11-13H,6-10H2,1H3. The van der Waals surface area contributed by atoms with Crippen LogP contribution in [-0.2, 0) is 16.0 Å². The van der Waals surface area contributed by atoms with Gasteiger partial charge in [-0.05, 0) is 6.92 Å². The highest BCUT2D eigenvalue weighted by atomic mass is 32.1. The molecule has 1 aliphatic heterocycles. The topological polar surface area (TPSA) is 57.9 Å². The molecule has 7 heteroatoms. The van der Waals surface area contributed by atoms with Crippen LogP contribution in [0.2, 0.25) is 0 Å². The number of aromatic nitrogens is 2. The van der Waals surface area contributed by atoms with E-state index in [1.165, 1.54) is 5.56 Å². The van der Waals surface area contributed by atoms with E-state index in [2.05, 4.69) is 36.2 Å². The Morgan fingerprint density at radius 1 is 1.19 bits per heavy atom. The van der Waals surface area contributed by atoms with Gasteiger partial charge in [0, 0.05) is 49.0 Å². The van der Waals surface area contributed by atoms with Crippen LogP contribution in [0, 0.1) is 6.92 Å². The highest BCUT2D eigenvalue weighted by Gasteiger charge is 2.21. The number of fused-ring (bicyclic) bond motifs is 1. The van der Waals surface area contributed by atoms with Gasteiger partial charge in [0.05, 0.1) is 12.1 Å². The summed E-state index contributed by atoms with van der Waals surface area (Å²) in [6.45, 7) is 4.48. The molecule has 0 bridgehead atoms. The highest BCUT2D eigenvalue weighted by Crippen LogP contribution is 2.24. The number of hydrogen-bond acceptors (Lipinski definition) is 4. The Kier molecular flexibility index (Phi) is 4.46. The van der Waals surface area contributed by atoms with Gasteiger partial charge in [0.1, 0.15) is 0 Å². The van der Waals surface area contributed by atoms with Crippen molar-refractivity contribution in [2.24, 2.45) is 0 Å². The number of rotatable bonds is 4. The minimum Gasteiger partial charge on any atom is -0.342 e. The Labute approximate surface area is 155 Å². The smallest absolute Gasteiger partial charge is 0.228 e. The second kappa shape index (κ2) is 6.92. The van der Waals surface area contributed by atoms with Gasteiger partial charge >= 0.3 is 0 Å². The Balaban J connectivity index is 1.51. The second-order valence-corrected chi connectivity index (χ2v) is 7.41. The molecule has 0 saturated carbocycles. The molecule has 3 aromatic rings. The summed E-state index contributed by atoms with van der Waals surface area (Å²) in [5.41, 5.74) is 4.17. The number of piperazine rings is 1. The van der Waals surface area contributed by atoms with E-state index in [4.69, 9.17) is 0 Å². The number of hydrogen-bond donors (Lipinski definition) is 0. The Morgan fingerprint density at radius 2 is 1.92 bits per heavy atom. The summed E-state index contributed by atoms with van der Waals surface area (Å²) in [5.74, 6) is 0.0980. The number of benzene rings is 1. The van der Waals surface area contributed by atoms with E-state index in [0.29, 0.717) is 32.6 Å². The van der Waals surface area contributed by atoms with Crippen LogP contribution >= 0.6 is 11.3 Å². The molecule has 0 radical (unpaired) electrons. The third-order valence-electron chi connectivity index (χ3n) is 4.78. The minimum atomic E-state index is 0.0980. The number of amides is 2. The quantitative estimate of drug-likeness (QED) is 0.664. The average molecular weight is 368 g/mol. The summed E-state index contributed by atoms with van der Waals surface area (Å²) < 4.78 is 2.01. The molecule has 0 aliphatic carbocycles. The van der Waals surface area contributed by atoms with Crippen molar-refractivity contribution in [3.8, 4) is 11.3 Å². The van der Waals surface area contributed by atoms with Crippen LogP contribution in [0.25, 0.3) is 16.2 Å². The normalized spacial score (nSPS) is 14.8. The van der Waals surface area contributed by atoms with Gasteiger partial charge < -0.3 is 9.80 Å². The maximum absolute atomic E-state index is 12.6. The molecule has 3 heterocycles. The largest absolute Gasteiger partial charge is 0.342 e. The number of aryl methyl sites for hydroxylation is 1. The summed E-state index contributed by atoms with van der Waals surface area (Å²) in [4.78, 5) is 32.5. The lowest BCUT2D eigenvalue weighted by Crippen LogP contribution is -2.48. The van der Waals surface area contributed by atoms with Crippen molar-refractivity contribution in [1.29, 1.82) is 0 Å². The van der Waals surface area contributed by atoms with Crippen LogP contribution in [0.4, 0.5) is 0 Å². The van der Waals surface area contributed by atoms with Gasteiger partial charge in [0.2, 0.25) is 12.3 Å². The van der Waals surface area contributed by atoms with Crippen molar-refractivity contribution >= 4 is 28.6 Å². The van der Waals surface area contributed by atoms with Gasteiger partial charge in [-0.25, -0.2) is 4.98 Å². The van der Waals surface area contributed by atoms with Crippen molar-refractivity contribution in [3.05, 3.63) is 47.1 Å². The molecular formula is C19H20N4O2S. The molecule has 4 rings (SSSR count). The van der Waals surface area contributed by atoms with Gasteiger partial charge in [0.25, 0.3) is 0 Å². The number of carbonyl (C=O) groups is 2. The van der Waals surface area contributed by atoms with Gasteiger partial charge in [-0.2, -0.15) is 0 Å². The van der Waals surface area contributed by atoms with Crippen LogP contribution in [0.3, 0.4) is 0 Å². The third kappa shape index (κ3) is 3.22. The minimum absolute atomic E-state index is 0.0980. The van der Waals surface area contributed by atoms with Crippen molar-refractivity contribution in [1.82, 2.24) is 19.2 Å². The molecule has 1 saturated heterocycles. The van der Waals surface area contributed by atoms with Crippen LogP contribution < -0.4 is 0 Å². The fourth-order valence-electron chi connectivity index (χ4n) is 3.16. The zero-order valence-corrected chi connectivity index (χ0v) is 15.4. The first-order valence-corrected chi connectivity index (χ1v) is 9.51. The van der Waals surface area contributed by atoms with E-state index < -0.39 is 0 Å². The van der Waals surface area contributed by atoms with E-state index in [9.17, 15) is 9.59 Å². The first-order valence-electron chi connectivity index (χ1n) is 8.63. The van der Waals surface area contributed by atoms with E-state index >= 15 is 0 Å². The summed E-state index contributed by atoms with van der Waals surface area (Å²) in [5, 5.41) is 2.00. The predicted molar refractivity (Wildman–Crippen MR) is 101 cm³/mol. The third-order valence-corrected chi connectivity index (χ3v) is 5.67. The summed E-state index contributed by atoms with van der Waals surface area (Å²) in [7, 11) is 0. The molecule has 1 aromatic carbocycles. The van der Waals surface area contributed by atoms with Gasteiger partial charge in [-0.15, -0.1) is 11.3 Å². The number of imidazole rings is 1. The van der Waals surface area contributed by atoms with Crippen LogP contribution in [0.5, 0.6) is 0 Å². The van der Waals surface area contributed by atoms with Gasteiger partial charge in [-0.3, -0.25) is 14.0 Å². The van der Waals surface area contributed by atoms with Crippen molar-refractivity contribution in [3.63, 3.8) is 0 Å². The van der Waals surface area contributed by atoms with E-state index in [0.717, 1.165) is 28.3 Å². The molecule has 134 valence electrons. The van der Waals surface area contributed by atoms with Gasteiger partial charge in [-0.1, -0.05) is 29.8 Å². The lowest BCUT2D eigenvalue weighted by Gasteiger charge is -2.32. The molecule has 0 unspecified atom stereocenters.